The molecule has 1 aliphatic carbocycles. The first kappa shape index (κ1) is 19.3. The van der Waals surface area contributed by atoms with Gasteiger partial charge in [0.05, 0.1) is 5.92 Å². The second-order valence-electron chi connectivity index (χ2n) is 7.07. The van der Waals surface area contributed by atoms with Crippen molar-refractivity contribution in [3.05, 3.63) is 69.7 Å². The molecular weight excluding hydrogens is 391 g/mol. The molecule has 1 saturated carbocycles. The number of esters is 1. The van der Waals surface area contributed by atoms with Crippen molar-refractivity contribution >= 4 is 40.8 Å². The maximum atomic E-state index is 12.4. The summed E-state index contributed by atoms with van der Waals surface area (Å²) in [6.07, 6.45) is 1.72. The van der Waals surface area contributed by atoms with Crippen molar-refractivity contribution in [2.45, 2.75) is 20.5 Å². The molecule has 0 aromatic heterocycles. The molecule has 2 atom stereocenters. The van der Waals surface area contributed by atoms with E-state index < -0.39 is 0 Å². The van der Waals surface area contributed by atoms with Crippen molar-refractivity contribution in [1.82, 2.24) is 0 Å². The van der Waals surface area contributed by atoms with Gasteiger partial charge in [-0.05, 0) is 40.7 Å². The largest absolute Gasteiger partial charge is 0.461 e. The Morgan fingerprint density at radius 1 is 1.15 bits per heavy atom. The first-order valence-corrected chi connectivity index (χ1v) is 9.47. The van der Waals surface area contributed by atoms with Crippen LogP contribution >= 0.6 is 34.8 Å². The van der Waals surface area contributed by atoms with E-state index >= 15 is 0 Å². The lowest BCUT2D eigenvalue weighted by atomic mass is 10.0. The smallest absolute Gasteiger partial charge is 0.310 e. The van der Waals surface area contributed by atoms with Crippen LogP contribution in [0, 0.1) is 17.3 Å². The minimum absolute atomic E-state index is 0.00876. The van der Waals surface area contributed by atoms with E-state index in [9.17, 15) is 4.79 Å². The molecule has 0 saturated heterocycles. The molecule has 2 nitrogen and oxygen atoms in total. The zero-order valence-electron chi connectivity index (χ0n) is 14.5. The lowest BCUT2D eigenvalue weighted by molar-refractivity contribution is -0.147. The van der Waals surface area contributed by atoms with Crippen LogP contribution in [0.4, 0.5) is 0 Å². The Balaban J connectivity index is 1.68. The second-order valence-corrected chi connectivity index (χ2v) is 8.48. The quantitative estimate of drug-likeness (QED) is 0.517. The molecule has 0 N–H and O–H groups in total. The fraction of sp³-hybridized carbons (Fsp3) is 0.286. The van der Waals surface area contributed by atoms with Gasteiger partial charge in [-0.3, -0.25) is 4.79 Å². The zero-order valence-corrected chi connectivity index (χ0v) is 16.8. The van der Waals surface area contributed by atoms with Gasteiger partial charge in [0.2, 0.25) is 0 Å². The molecule has 0 bridgehead atoms. The van der Waals surface area contributed by atoms with Gasteiger partial charge in [-0.15, -0.1) is 0 Å². The summed E-state index contributed by atoms with van der Waals surface area (Å²) < 4.78 is 5.72. The fourth-order valence-corrected chi connectivity index (χ4v) is 3.86. The minimum Gasteiger partial charge on any atom is -0.461 e. The Hall–Kier alpha value is -1.48. The van der Waals surface area contributed by atoms with Crippen LogP contribution in [0.3, 0.4) is 0 Å². The third kappa shape index (κ3) is 4.09. The molecule has 2 aromatic rings. The average Bonchev–Trinajstić information content (AvgIpc) is 3.13. The van der Waals surface area contributed by atoms with E-state index in [1.54, 1.807) is 6.08 Å². The number of ether oxygens (including phenoxy) is 1. The normalized spacial score (nSPS) is 20.3. The van der Waals surface area contributed by atoms with E-state index in [-0.39, 0.29) is 34.3 Å². The number of allylic oxidation sites excluding steroid dienone is 1. The van der Waals surface area contributed by atoms with E-state index in [1.165, 1.54) is 0 Å². The summed E-state index contributed by atoms with van der Waals surface area (Å²) in [7, 11) is 0. The third-order valence-electron chi connectivity index (χ3n) is 4.96. The summed E-state index contributed by atoms with van der Waals surface area (Å²) in [5.74, 6) is -0.440. The van der Waals surface area contributed by atoms with Crippen LogP contribution in [0.1, 0.15) is 19.4 Å². The van der Waals surface area contributed by atoms with E-state index in [4.69, 9.17) is 39.5 Å². The van der Waals surface area contributed by atoms with Gasteiger partial charge in [0.15, 0.2) is 0 Å². The Bertz CT molecular complexity index is 854. The molecule has 1 aliphatic rings. The van der Waals surface area contributed by atoms with Crippen molar-refractivity contribution in [1.29, 1.82) is 0 Å². The van der Waals surface area contributed by atoms with Crippen LogP contribution in [0.15, 0.2) is 59.1 Å². The molecule has 136 valence electrons. The van der Waals surface area contributed by atoms with Crippen molar-refractivity contribution in [2.24, 2.45) is 17.3 Å². The maximum Gasteiger partial charge on any atom is 0.310 e. The summed E-state index contributed by atoms with van der Waals surface area (Å²) in [6.45, 7) is 4.23. The first-order valence-electron chi connectivity index (χ1n) is 8.34. The van der Waals surface area contributed by atoms with Gasteiger partial charge in [0.25, 0.3) is 0 Å². The number of rotatable bonds is 5. The van der Waals surface area contributed by atoms with Crippen molar-refractivity contribution < 1.29 is 9.53 Å². The van der Waals surface area contributed by atoms with Gasteiger partial charge in [-0.1, -0.05) is 85.0 Å². The summed E-state index contributed by atoms with van der Waals surface area (Å²) in [4.78, 5) is 12.4. The molecule has 0 spiro atoms. The fourth-order valence-electron chi connectivity index (χ4n) is 3.34. The average molecular weight is 410 g/mol. The molecule has 0 radical (unpaired) electrons. The van der Waals surface area contributed by atoms with Crippen LogP contribution in [0.2, 0.25) is 5.02 Å². The highest BCUT2D eigenvalue weighted by molar-refractivity contribution is 6.55. The second kappa shape index (κ2) is 7.64. The van der Waals surface area contributed by atoms with E-state index in [0.29, 0.717) is 5.02 Å². The van der Waals surface area contributed by atoms with Crippen molar-refractivity contribution in [3.8, 4) is 11.1 Å². The monoisotopic (exact) mass is 408 g/mol. The molecule has 0 amide bonds. The highest BCUT2D eigenvalue weighted by atomic mass is 35.5. The lowest BCUT2D eigenvalue weighted by Gasteiger charge is -2.09. The van der Waals surface area contributed by atoms with Crippen LogP contribution in [0.25, 0.3) is 11.1 Å². The van der Waals surface area contributed by atoms with Crippen molar-refractivity contribution in [3.63, 3.8) is 0 Å². The van der Waals surface area contributed by atoms with Crippen LogP contribution in [0.5, 0.6) is 0 Å². The standard InChI is InChI=1S/C21H19Cl3O2/c1-21(2)16(11-18(23)24)19(21)20(25)26-12-13-6-5-7-14(10-13)15-8-3-4-9-17(15)22/h3-11,16,19H,12H2,1-2H3/t16-,19+/m1/s1. The molecule has 2 aromatic carbocycles. The summed E-state index contributed by atoms with van der Waals surface area (Å²) in [6, 6.07) is 15.5. The Morgan fingerprint density at radius 3 is 2.58 bits per heavy atom. The van der Waals surface area contributed by atoms with E-state index in [2.05, 4.69) is 0 Å². The van der Waals surface area contributed by atoms with Gasteiger partial charge < -0.3 is 4.74 Å². The molecule has 3 rings (SSSR count). The van der Waals surface area contributed by atoms with Gasteiger partial charge in [0.1, 0.15) is 11.1 Å². The van der Waals surface area contributed by atoms with Crippen LogP contribution in [-0.4, -0.2) is 5.97 Å². The Morgan fingerprint density at radius 2 is 1.88 bits per heavy atom. The number of hydrogen-bond acceptors (Lipinski definition) is 2. The molecule has 0 aliphatic heterocycles. The number of carbonyl (C=O) groups is 1. The summed E-state index contributed by atoms with van der Waals surface area (Å²) in [5.41, 5.74) is 2.67. The number of hydrogen-bond donors (Lipinski definition) is 0. The first-order chi connectivity index (χ1) is 12.3. The molecule has 0 heterocycles. The van der Waals surface area contributed by atoms with Gasteiger partial charge in [0, 0.05) is 10.6 Å². The number of halogens is 3. The van der Waals surface area contributed by atoms with Crippen LogP contribution < -0.4 is 0 Å². The van der Waals surface area contributed by atoms with Gasteiger partial charge >= 0.3 is 5.97 Å². The maximum absolute atomic E-state index is 12.4. The van der Waals surface area contributed by atoms with Gasteiger partial charge in [-0.2, -0.15) is 0 Å². The summed E-state index contributed by atoms with van der Waals surface area (Å²) in [5, 5.41) is 0.689. The third-order valence-corrected chi connectivity index (χ3v) is 5.54. The predicted molar refractivity (Wildman–Crippen MR) is 107 cm³/mol. The van der Waals surface area contributed by atoms with E-state index in [1.807, 2.05) is 62.4 Å². The van der Waals surface area contributed by atoms with Crippen LogP contribution in [-0.2, 0) is 16.1 Å². The zero-order chi connectivity index (χ0) is 18.9. The molecular formula is C21H19Cl3O2. The molecule has 1 fully saturated rings. The highest BCUT2D eigenvalue weighted by Gasteiger charge is 2.61. The lowest BCUT2D eigenvalue weighted by Crippen LogP contribution is -2.10. The highest BCUT2D eigenvalue weighted by Crippen LogP contribution is 2.60. The topological polar surface area (TPSA) is 26.3 Å². The Kier molecular flexibility index (Phi) is 5.67. The minimum atomic E-state index is -0.228. The number of carbonyl (C=O) groups excluding carboxylic acids is 1. The van der Waals surface area contributed by atoms with Crippen molar-refractivity contribution in [2.75, 3.05) is 0 Å². The SMILES string of the molecule is CC1(C)[C@H](C=C(Cl)Cl)[C@H]1C(=O)OCc1cccc(-c2ccccc2Cl)c1. The number of benzene rings is 2. The molecule has 26 heavy (non-hydrogen) atoms. The molecule has 0 unspecified atom stereocenters. The summed E-state index contributed by atoms with van der Waals surface area (Å²) >= 11 is 17.7. The predicted octanol–water partition coefficient (Wildman–Crippen LogP) is 6.64. The van der Waals surface area contributed by atoms with Gasteiger partial charge in [-0.25, -0.2) is 0 Å². The van der Waals surface area contributed by atoms with E-state index in [0.717, 1.165) is 16.7 Å². The Labute approximate surface area is 168 Å². The molecule has 5 heteroatoms.